The molecule has 2 nitrogen and oxygen atoms in total. The van der Waals surface area contributed by atoms with Crippen LogP contribution in [0.25, 0.3) is 0 Å². The summed E-state index contributed by atoms with van der Waals surface area (Å²) >= 11 is 6.51. The molecule has 0 spiro atoms. The molecule has 0 aliphatic heterocycles. The molecule has 0 aliphatic carbocycles. The fraction of sp³-hybridized carbons (Fsp3) is 0. The predicted octanol–water partition coefficient (Wildman–Crippen LogP) is 4.96. The Morgan fingerprint density at radius 2 is 1.61 bits per heavy atom. The second kappa shape index (κ2) is 5.63. The van der Waals surface area contributed by atoms with E-state index in [4.69, 9.17) is 4.74 Å². The van der Waals surface area contributed by atoms with Gasteiger partial charge >= 0.3 is 0 Å². The van der Waals surface area contributed by atoms with Crippen LogP contribution < -0.4 is 4.74 Å². The smallest absolute Gasteiger partial charge is 0.165 e. The molecule has 0 fully saturated rings. The molecule has 0 saturated carbocycles. The van der Waals surface area contributed by atoms with Crippen LogP contribution in [0.4, 0.5) is 4.39 Å². The largest absolute Gasteiger partial charge is 0.453 e. The summed E-state index contributed by atoms with van der Waals surface area (Å²) in [5, 5.41) is 0. The molecule has 0 bridgehead atoms. The van der Waals surface area contributed by atoms with Gasteiger partial charge in [0.2, 0.25) is 0 Å². The SMILES string of the molecule is O=Cc1ccc(Br)cc1Oc1cc(Br)ccc1F. The number of aldehydes is 1. The molecule has 0 amide bonds. The van der Waals surface area contributed by atoms with E-state index in [-0.39, 0.29) is 5.75 Å². The topological polar surface area (TPSA) is 26.3 Å². The number of benzene rings is 2. The lowest BCUT2D eigenvalue weighted by atomic mass is 10.2. The van der Waals surface area contributed by atoms with E-state index in [1.54, 1.807) is 24.3 Å². The molecule has 0 saturated heterocycles. The molecule has 18 heavy (non-hydrogen) atoms. The van der Waals surface area contributed by atoms with Crippen molar-refractivity contribution < 1.29 is 13.9 Å². The van der Waals surface area contributed by atoms with Crippen LogP contribution in [0.15, 0.2) is 45.3 Å². The Morgan fingerprint density at radius 3 is 2.28 bits per heavy atom. The van der Waals surface area contributed by atoms with Gasteiger partial charge in [-0.2, -0.15) is 0 Å². The predicted molar refractivity (Wildman–Crippen MR) is 73.7 cm³/mol. The summed E-state index contributed by atoms with van der Waals surface area (Å²) in [5.74, 6) is -0.128. The monoisotopic (exact) mass is 372 g/mol. The highest BCUT2D eigenvalue weighted by Gasteiger charge is 2.09. The molecule has 0 atom stereocenters. The van der Waals surface area contributed by atoms with E-state index in [0.29, 0.717) is 22.1 Å². The molecule has 2 aromatic rings. The highest BCUT2D eigenvalue weighted by Crippen LogP contribution is 2.31. The maximum absolute atomic E-state index is 13.5. The summed E-state index contributed by atoms with van der Waals surface area (Å²) in [7, 11) is 0. The summed E-state index contributed by atoms with van der Waals surface area (Å²) in [6.07, 6.45) is 0.664. The number of halogens is 3. The first-order chi connectivity index (χ1) is 8.60. The van der Waals surface area contributed by atoms with Crippen molar-refractivity contribution in [3.05, 3.63) is 56.7 Å². The number of hydrogen-bond acceptors (Lipinski definition) is 2. The molecule has 2 rings (SSSR count). The highest BCUT2D eigenvalue weighted by atomic mass is 79.9. The van der Waals surface area contributed by atoms with E-state index < -0.39 is 5.82 Å². The van der Waals surface area contributed by atoms with Gasteiger partial charge in [0.15, 0.2) is 17.9 Å². The summed E-state index contributed by atoms with van der Waals surface area (Å²) < 4.78 is 20.4. The molecular formula is C13H7Br2FO2. The summed E-state index contributed by atoms with van der Waals surface area (Å²) in [6, 6.07) is 9.30. The van der Waals surface area contributed by atoms with Gasteiger partial charge in [0.05, 0.1) is 5.56 Å². The van der Waals surface area contributed by atoms with Crippen molar-refractivity contribution in [2.24, 2.45) is 0 Å². The maximum Gasteiger partial charge on any atom is 0.165 e. The van der Waals surface area contributed by atoms with Crippen molar-refractivity contribution in [3.63, 3.8) is 0 Å². The molecule has 0 aromatic heterocycles. The van der Waals surface area contributed by atoms with Crippen molar-refractivity contribution >= 4 is 38.1 Å². The van der Waals surface area contributed by atoms with Crippen molar-refractivity contribution in [3.8, 4) is 11.5 Å². The molecule has 2 aromatic carbocycles. The van der Waals surface area contributed by atoms with Crippen LogP contribution >= 0.6 is 31.9 Å². The van der Waals surface area contributed by atoms with Gasteiger partial charge in [-0.3, -0.25) is 4.79 Å². The minimum absolute atomic E-state index is 0.0607. The number of ether oxygens (including phenoxy) is 1. The number of rotatable bonds is 3. The average molecular weight is 374 g/mol. The second-order valence-electron chi connectivity index (χ2n) is 3.48. The normalized spacial score (nSPS) is 10.2. The van der Waals surface area contributed by atoms with Gasteiger partial charge < -0.3 is 4.74 Å². The quantitative estimate of drug-likeness (QED) is 0.711. The lowest BCUT2D eigenvalue weighted by Crippen LogP contribution is -1.93. The number of hydrogen-bond donors (Lipinski definition) is 0. The summed E-state index contributed by atoms with van der Waals surface area (Å²) in [4.78, 5) is 10.9. The van der Waals surface area contributed by atoms with Gasteiger partial charge in [0.1, 0.15) is 5.75 Å². The lowest BCUT2D eigenvalue weighted by Gasteiger charge is -2.09. The van der Waals surface area contributed by atoms with Gasteiger partial charge in [-0.15, -0.1) is 0 Å². The molecule has 0 radical (unpaired) electrons. The van der Waals surface area contributed by atoms with E-state index in [0.717, 1.165) is 4.47 Å². The van der Waals surface area contributed by atoms with Gasteiger partial charge in [0, 0.05) is 8.95 Å². The van der Waals surface area contributed by atoms with Gasteiger partial charge in [0.25, 0.3) is 0 Å². The molecule has 5 heteroatoms. The Hall–Kier alpha value is -1.20. The van der Waals surface area contributed by atoms with Crippen molar-refractivity contribution in [1.29, 1.82) is 0 Å². The average Bonchev–Trinajstić information content (AvgIpc) is 2.34. The third-order valence-corrected chi connectivity index (χ3v) is 3.20. The molecule has 0 aliphatic rings. The molecule has 0 N–H and O–H groups in total. The van der Waals surface area contributed by atoms with E-state index in [2.05, 4.69) is 31.9 Å². The van der Waals surface area contributed by atoms with E-state index in [1.807, 2.05) is 0 Å². The maximum atomic E-state index is 13.5. The molecule has 92 valence electrons. The molecule has 0 heterocycles. The first-order valence-corrected chi connectivity index (χ1v) is 6.56. The minimum atomic E-state index is -0.491. The van der Waals surface area contributed by atoms with Crippen molar-refractivity contribution in [2.45, 2.75) is 0 Å². The zero-order valence-corrected chi connectivity index (χ0v) is 12.2. The third-order valence-electron chi connectivity index (χ3n) is 2.22. The van der Waals surface area contributed by atoms with Gasteiger partial charge in [-0.25, -0.2) is 4.39 Å². The van der Waals surface area contributed by atoms with Crippen molar-refractivity contribution in [1.82, 2.24) is 0 Å². The zero-order chi connectivity index (χ0) is 13.1. The van der Waals surface area contributed by atoms with E-state index >= 15 is 0 Å². The Kier molecular flexibility index (Phi) is 4.14. The van der Waals surface area contributed by atoms with Crippen LogP contribution in [0.3, 0.4) is 0 Å². The first kappa shape index (κ1) is 13.2. The summed E-state index contributed by atoms with van der Waals surface area (Å²) in [5.41, 5.74) is 0.359. The minimum Gasteiger partial charge on any atom is -0.453 e. The second-order valence-corrected chi connectivity index (χ2v) is 5.31. The fourth-order valence-corrected chi connectivity index (χ4v) is 2.05. The van der Waals surface area contributed by atoms with Crippen LogP contribution in [0.2, 0.25) is 0 Å². The highest BCUT2D eigenvalue weighted by molar-refractivity contribution is 9.10. The zero-order valence-electron chi connectivity index (χ0n) is 8.99. The number of carbonyl (C=O) groups is 1. The first-order valence-electron chi connectivity index (χ1n) is 4.98. The Bertz CT molecular complexity index is 600. The Labute approximate surface area is 120 Å². The van der Waals surface area contributed by atoms with Crippen molar-refractivity contribution in [2.75, 3.05) is 0 Å². The van der Waals surface area contributed by atoms with Gasteiger partial charge in [-0.1, -0.05) is 31.9 Å². The van der Waals surface area contributed by atoms with Crippen LogP contribution in [0.1, 0.15) is 10.4 Å². The van der Waals surface area contributed by atoms with Crippen LogP contribution in [-0.4, -0.2) is 6.29 Å². The van der Waals surface area contributed by atoms with E-state index in [9.17, 15) is 9.18 Å². The lowest BCUT2D eigenvalue weighted by molar-refractivity contribution is 0.112. The van der Waals surface area contributed by atoms with Crippen LogP contribution in [0.5, 0.6) is 11.5 Å². The standard InChI is InChI=1S/C13H7Br2FO2/c14-9-2-1-8(7-17)12(5-9)18-13-6-10(15)3-4-11(13)16/h1-7H. The Morgan fingerprint density at radius 1 is 1.00 bits per heavy atom. The third kappa shape index (κ3) is 2.97. The van der Waals surface area contributed by atoms with E-state index in [1.165, 1.54) is 12.1 Å². The fourth-order valence-electron chi connectivity index (χ4n) is 1.37. The molecular weight excluding hydrogens is 367 g/mol. The number of carbonyl (C=O) groups excluding carboxylic acids is 1. The van der Waals surface area contributed by atoms with Gasteiger partial charge in [-0.05, 0) is 36.4 Å². The summed E-state index contributed by atoms with van der Waals surface area (Å²) in [6.45, 7) is 0. The Balaban J connectivity index is 2.41. The molecule has 0 unspecified atom stereocenters. The van der Waals surface area contributed by atoms with Crippen LogP contribution in [0, 0.1) is 5.82 Å². The van der Waals surface area contributed by atoms with Crippen LogP contribution in [-0.2, 0) is 0 Å².